The minimum atomic E-state index is 0. The van der Waals surface area contributed by atoms with E-state index in [2.05, 4.69) is 39.1 Å². The van der Waals surface area contributed by atoms with E-state index in [-0.39, 0.29) is 12.4 Å². The van der Waals surface area contributed by atoms with Crippen molar-refractivity contribution in [1.82, 2.24) is 10.2 Å². The van der Waals surface area contributed by atoms with Crippen LogP contribution in [0.15, 0.2) is 28.7 Å². The van der Waals surface area contributed by atoms with E-state index in [1.54, 1.807) is 0 Å². The van der Waals surface area contributed by atoms with E-state index in [9.17, 15) is 0 Å². The Hall–Kier alpha value is -0.290. The summed E-state index contributed by atoms with van der Waals surface area (Å²) in [5.41, 5.74) is 0.470. The van der Waals surface area contributed by atoms with Crippen LogP contribution in [0, 0.1) is 5.41 Å². The number of benzene rings is 1. The molecule has 1 atom stereocenters. The second kappa shape index (κ2) is 8.00. The molecule has 1 aromatic rings. The monoisotopic (exact) mass is 388 g/mol. The Balaban J connectivity index is 0.00000176. The molecule has 2 saturated heterocycles. The number of hydrogen-bond acceptors (Lipinski definition) is 3. The fraction of sp³-hybridized carbons (Fsp3) is 0.647. The smallest absolute Gasteiger partial charge is 0.120 e. The second-order valence-electron chi connectivity index (χ2n) is 6.79. The van der Waals surface area contributed by atoms with E-state index in [1.807, 2.05) is 18.2 Å². The minimum Gasteiger partial charge on any atom is -0.490 e. The summed E-state index contributed by atoms with van der Waals surface area (Å²) in [5, 5.41) is 3.49. The van der Waals surface area contributed by atoms with E-state index >= 15 is 0 Å². The molecule has 0 aromatic heterocycles. The number of nitrogens with zero attached hydrogens (tertiary/aromatic N) is 1. The van der Waals surface area contributed by atoms with Crippen molar-refractivity contribution in [2.24, 2.45) is 5.41 Å². The highest BCUT2D eigenvalue weighted by Gasteiger charge is 2.32. The van der Waals surface area contributed by atoms with Gasteiger partial charge in [0.2, 0.25) is 0 Å². The first kappa shape index (κ1) is 18.1. The van der Waals surface area contributed by atoms with Crippen molar-refractivity contribution in [3.05, 3.63) is 28.7 Å². The van der Waals surface area contributed by atoms with Gasteiger partial charge in [0.15, 0.2) is 0 Å². The molecule has 0 aliphatic carbocycles. The molecule has 5 heteroatoms. The molecule has 1 aromatic carbocycles. The van der Waals surface area contributed by atoms with Crippen LogP contribution in [0.3, 0.4) is 0 Å². The van der Waals surface area contributed by atoms with Gasteiger partial charge in [-0.25, -0.2) is 0 Å². The van der Waals surface area contributed by atoms with Gasteiger partial charge in [0.05, 0.1) is 0 Å². The van der Waals surface area contributed by atoms with Gasteiger partial charge in [0.1, 0.15) is 11.9 Å². The van der Waals surface area contributed by atoms with Crippen molar-refractivity contribution in [3.8, 4) is 5.75 Å². The molecule has 0 saturated carbocycles. The molecule has 3 nitrogen and oxygen atoms in total. The van der Waals surface area contributed by atoms with Crippen LogP contribution in [0.25, 0.3) is 0 Å². The van der Waals surface area contributed by atoms with Crippen molar-refractivity contribution in [2.45, 2.75) is 32.3 Å². The number of hydrogen-bond donors (Lipinski definition) is 1. The van der Waals surface area contributed by atoms with Crippen LogP contribution in [0.1, 0.15) is 26.2 Å². The van der Waals surface area contributed by atoms with Gasteiger partial charge in [-0.05, 0) is 49.4 Å². The molecule has 2 fully saturated rings. The third-order valence-electron chi connectivity index (χ3n) is 4.70. The first-order valence-corrected chi connectivity index (χ1v) is 8.78. The third-order valence-corrected chi connectivity index (χ3v) is 5.19. The van der Waals surface area contributed by atoms with Gasteiger partial charge < -0.3 is 15.0 Å². The second-order valence-corrected chi connectivity index (χ2v) is 7.70. The summed E-state index contributed by atoms with van der Waals surface area (Å²) in [6, 6.07) is 8.16. The summed E-state index contributed by atoms with van der Waals surface area (Å²) in [6.07, 6.45) is 3.94. The largest absolute Gasteiger partial charge is 0.490 e. The van der Waals surface area contributed by atoms with Crippen LogP contribution in [0.4, 0.5) is 0 Å². The molecule has 0 bridgehead atoms. The van der Waals surface area contributed by atoms with Gasteiger partial charge in [-0.1, -0.05) is 28.9 Å². The highest BCUT2D eigenvalue weighted by Crippen LogP contribution is 2.28. The van der Waals surface area contributed by atoms with E-state index in [1.165, 1.54) is 26.1 Å². The average molecular weight is 390 g/mol. The van der Waals surface area contributed by atoms with E-state index < -0.39 is 0 Å². The summed E-state index contributed by atoms with van der Waals surface area (Å²) in [7, 11) is 0. The lowest BCUT2D eigenvalue weighted by Crippen LogP contribution is -2.44. The van der Waals surface area contributed by atoms with Crippen molar-refractivity contribution < 1.29 is 4.74 Å². The van der Waals surface area contributed by atoms with Gasteiger partial charge in [-0.3, -0.25) is 0 Å². The summed E-state index contributed by atoms with van der Waals surface area (Å²) < 4.78 is 7.19. The maximum Gasteiger partial charge on any atom is 0.120 e. The maximum absolute atomic E-state index is 6.11. The fourth-order valence-electron chi connectivity index (χ4n) is 3.46. The lowest BCUT2D eigenvalue weighted by molar-refractivity contribution is 0.0775. The molecule has 2 aliphatic rings. The highest BCUT2D eigenvalue weighted by molar-refractivity contribution is 9.10. The van der Waals surface area contributed by atoms with E-state index in [4.69, 9.17) is 4.74 Å². The standard InChI is InChI=1S/C17H25BrN2O.ClH/c1-17(7-8-19-12-17)13-20-9-5-15(6-10-20)21-16-4-2-3-14(18)11-16;/h2-4,11,15,19H,5-10,12-13H2,1H3;1H. The van der Waals surface area contributed by atoms with Crippen molar-refractivity contribution >= 4 is 28.3 Å². The number of piperidine rings is 1. The van der Waals surface area contributed by atoms with Crippen LogP contribution >= 0.6 is 28.3 Å². The molecular formula is C17H26BrClN2O. The molecular weight excluding hydrogens is 364 g/mol. The molecule has 0 amide bonds. The Labute approximate surface area is 148 Å². The molecule has 1 unspecified atom stereocenters. The van der Waals surface area contributed by atoms with Crippen molar-refractivity contribution in [3.63, 3.8) is 0 Å². The zero-order valence-corrected chi connectivity index (χ0v) is 15.6. The lowest BCUT2D eigenvalue weighted by Gasteiger charge is -2.37. The van der Waals surface area contributed by atoms with Crippen LogP contribution < -0.4 is 10.1 Å². The Morgan fingerprint density at radius 2 is 2.14 bits per heavy atom. The summed E-state index contributed by atoms with van der Waals surface area (Å²) in [4.78, 5) is 2.62. The normalized spacial score (nSPS) is 26.6. The van der Waals surface area contributed by atoms with Crippen molar-refractivity contribution in [1.29, 1.82) is 0 Å². The molecule has 0 radical (unpaired) electrons. The van der Waals surface area contributed by atoms with Gasteiger partial charge in [0, 0.05) is 30.7 Å². The Bertz CT molecular complexity index is 471. The van der Waals surface area contributed by atoms with Gasteiger partial charge in [-0.15, -0.1) is 12.4 Å². The number of halogens is 2. The highest BCUT2D eigenvalue weighted by atomic mass is 79.9. The van der Waals surface area contributed by atoms with E-state index in [0.717, 1.165) is 36.2 Å². The first-order valence-electron chi connectivity index (χ1n) is 7.98. The first-order chi connectivity index (χ1) is 10.1. The summed E-state index contributed by atoms with van der Waals surface area (Å²) >= 11 is 3.50. The third kappa shape index (κ3) is 4.85. The Kier molecular flexibility index (Phi) is 6.57. The molecule has 124 valence electrons. The maximum atomic E-state index is 6.11. The molecule has 0 spiro atoms. The molecule has 2 aliphatic heterocycles. The van der Waals surface area contributed by atoms with Crippen LogP contribution in [0.2, 0.25) is 0 Å². The lowest BCUT2D eigenvalue weighted by atomic mass is 9.88. The number of nitrogens with one attached hydrogen (secondary N) is 1. The number of rotatable bonds is 4. The Morgan fingerprint density at radius 3 is 2.77 bits per heavy atom. The fourth-order valence-corrected chi connectivity index (χ4v) is 3.84. The molecule has 22 heavy (non-hydrogen) atoms. The van der Waals surface area contributed by atoms with Crippen LogP contribution in [-0.2, 0) is 0 Å². The molecule has 2 heterocycles. The van der Waals surface area contributed by atoms with Gasteiger partial charge in [0.25, 0.3) is 0 Å². The average Bonchev–Trinajstić information content (AvgIpc) is 2.88. The van der Waals surface area contributed by atoms with Crippen molar-refractivity contribution in [2.75, 3.05) is 32.7 Å². The van der Waals surface area contributed by atoms with Gasteiger partial charge >= 0.3 is 0 Å². The number of likely N-dealkylation sites (tertiary alicyclic amines) is 1. The minimum absolute atomic E-state index is 0. The molecule has 3 rings (SSSR count). The summed E-state index contributed by atoms with van der Waals surface area (Å²) in [6.45, 7) is 8.31. The SMILES string of the molecule is CC1(CN2CCC(Oc3cccc(Br)c3)CC2)CCNC1.Cl. The predicted octanol–water partition coefficient (Wildman–Crippen LogP) is 3.71. The molecule has 1 N–H and O–H groups in total. The van der Waals surface area contributed by atoms with Crippen LogP contribution in [0.5, 0.6) is 5.75 Å². The number of ether oxygens (including phenoxy) is 1. The zero-order valence-electron chi connectivity index (χ0n) is 13.2. The topological polar surface area (TPSA) is 24.5 Å². The quantitative estimate of drug-likeness (QED) is 0.849. The van der Waals surface area contributed by atoms with Crippen LogP contribution in [-0.4, -0.2) is 43.7 Å². The Morgan fingerprint density at radius 1 is 1.36 bits per heavy atom. The zero-order chi connectivity index (χ0) is 14.7. The summed E-state index contributed by atoms with van der Waals surface area (Å²) in [5.74, 6) is 0.981. The van der Waals surface area contributed by atoms with E-state index in [0.29, 0.717) is 11.5 Å². The van der Waals surface area contributed by atoms with Gasteiger partial charge in [-0.2, -0.15) is 0 Å². The predicted molar refractivity (Wildman–Crippen MR) is 97.1 cm³/mol.